The molecule has 1 amide bonds. The van der Waals surface area contributed by atoms with Gasteiger partial charge in [-0.2, -0.15) is 0 Å². The molecule has 0 radical (unpaired) electrons. The maximum atomic E-state index is 12.3. The number of rotatable bonds is 2. The van der Waals surface area contributed by atoms with Crippen LogP contribution in [-0.2, 0) is 17.6 Å². The molecule has 0 aromatic carbocycles. The highest BCUT2D eigenvalue weighted by Crippen LogP contribution is 2.48. The number of aryl methyl sites for hydroxylation is 2. The van der Waals surface area contributed by atoms with E-state index in [2.05, 4.69) is 10.3 Å². The predicted molar refractivity (Wildman–Crippen MR) is 71.7 cm³/mol. The van der Waals surface area contributed by atoms with Gasteiger partial charge in [-0.15, -0.1) is 11.3 Å². The van der Waals surface area contributed by atoms with Crippen LogP contribution < -0.4 is 5.32 Å². The summed E-state index contributed by atoms with van der Waals surface area (Å²) >= 11 is 1.69. The van der Waals surface area contributed by atoms with E-state index in [1.807, 2.05) is 0 Å². The molecule has 3 unspecified atom stereocenters. The molecule has 0 aliphatic heterocycles. The zero-order valence-corrected chi connectivity index (χ0v) is 11.3. The van der Waals surface area contributed by atoms with Crippen molar-refractivity contribution in [2.75, 3.05) is 5.32 Å². The van der Waals surface area contributed by atoms with E-state index >= 15 is 0 Å². The number of aromatic nitrogens is 1. The largest absolute Gasteiger partial charge is 0.302 e. The number of carbonyl (C=O) groups is 1. The third-order valence-corrected chi connectivity index (χ3v) is 5.97. The summed E-state index contributed by atoms with van der Waals surface area (Å²) in [5.74, 6) is 1.98. The highest BCUT2D eigenvalue weighted by molar-refractivity contribution is 7.15. The van der Waals surface area contributed by atoms with Crippen LogP contribution in [0, 0.1) is 17.8 Å². The van der Waals surface area contributed by atoms with Gasteiger partial charge in [-0.1, -0.05) is 6.42 Å². The summed E-state index contributed by atoms with van der Waals surface area (Å²) in [5, 5.41) is 3.91. The molecule has 2 fully saturated rings. The van der Waals surface area contributed by atoms with Crippen molar-refractivity contribution in [3.63, 3.8) is 0 Å². The molecule has 96 valence electrons. The minimum Gasteiger partial charge on any atom is -0.302 e. The second-order valence-electron chi connectivity index (χ2n) is 6.01. The van der Waals surface area contributed by atoms with Gasteiger partial charge < -0.3 is 5.32 Å². The Balaban J connectivity index is 1.46. The van der Waals surface area contributed by atoms with Gasteiger partial charge in [0.15, 0.2) is 5.13 Å². The van der Waals surface area contributed by atoms with E-state index in [1.54, 1.807) is 11.3 Å². The van der Waals surface area contributed by atoms with E-state index in [-0.39, 0.29) is 11.8 Å². The highest BCUT2D eigenvalue weighted by atomic mass is 32.1. The van der Waals surface area contributed by atoms with Crippen molar-refractivity contribution in [1.29, 1.82) is 0 Å². The molecule has 3 atom stereocenters. The SMILES string of the molecule is O=C(Nc1nc2c(s1)CCC2)C1CC2CCC1C2. The number of fused-ring (bicyclic) bond motifs is 3. The van der Waals surface area contributed by atoms with E-state index in [0.717, 1.165) is 30.3 Å². The zero-order valence-electron chi connectivity index (χ0n) is 10.4. The Kier molecular flexibility index (Phi) is 2.47. The van der Waals surface area contributed by atoms with E-state index < -0.39 is 0 Å². The molecular weight excluding hydrogens is 244 g/mol. The monoisotopic (exact) mass is 262 g/mol. The molecule has 2 bridgehead atoms. The van der Waals surface area contributed by atoms with E-state index in [9.17, 15) is 4.79 Å². The van der Waals surface area contributed by atoms with Crippen LogP contribution in [0.2, 0.25) is 0 Å². The molecule has 3 aliphatic carbocycles. The Bertz CT molecular complexity index is 474. The van der Waals surface area contributed by atoms with Crippen molar-refractivity contribution in [1.82, 2.24) is 4.98 Å². The predicted octanol–water partition coefficient (Wildman–Crippen LogP) is 3.01. The number of nitrogens with one attached hydrogen (secondary N) is 1. The standard InChI is InChI=1S/C14H18N2OS/c17-13(10-7-8-4-5-9(10)6-8)16-14-15-11-2-1-3-12(11)18-14/h8-10H,1-7H2,(H,15,16,17). The molecule has 1 N–H and O–H groups in total. The van der Waals surface area contributed by atoms with Crippen molar-refractivity contribution in [2.24, 2.45) is 17.8 Å². The third kappa shape index (κ3) is 1.69. The summed E-state index contributed by atoms with van der Waals surface area (Å²) in [5.41, 5.74) is 1.23. The van der Waals surface area contributed by atoms with Gasteiger partial charge in [0.25, 0.3) is 0 Å². The number of thiazole rings is 1. The quantitative estimate of drug-likeness (QED) is 0.890. The average Bonchev–Trinajstić information content (AvgIpc) is 3.07. The molecule has 4 rings (SSSR count). The van der Waals surface area contributed by atoms with Crippen LogP contribution in [0.15, 0.2) is 0 Å². The smallest absolute Gasteiger partial charge is 0.229 e. The summed E-state index contributed by atoms with van der Waals surface area (Å²) in [4.78, 5) is 18.2. The first kappa shape index (κ1) is 11.0. The number of anilines is 1. The van der Waals surface area contributed by atoms with Crippen molar-refractivity contribution in [2.45, 2.75) is 44.9 Å². The summed E-state index contributed by atoms with van der Waals surface area (Å²) in [7, 11) is 0. The first-order chi connectivity index (χ1) is 8.79. The summed E-state index contributed by atoms with van der Waals surface area (Å²) < 4.78 is 0. The van der Waals surface area contributed by atoms with Crippen LogP contribution in [0.4, 0.5) is 5.13 Å². The molecule has 4 heteroatoms. The Morgan fingerprint density at radius 3 is 2.94 bits per heavy atom. The number of hydrogen-bond donors (Lipinski definition) is 1. The number of hydrogen-bond acceptors (Lipinski definition) is 3. The van der Waals surface area contributed by atoms with Crippen molar-refractivity contribution in [3.05, 3.63) is 10.6 Å². The fourth-order valence-electron chi connectivity index (χ4n) is 4.01. The van der Waals surface area contributed by atoms with Crippen molar-refractivity contribution < 1.29 is 4.79 Å². The number of amides is 1. The van der Waals surface area contributed by atoms with Gasteiger partial charge in [0, 0.05) is 10.8 Å². The molecule has 1 aromatic rings. The Morgan fingerprint density at radius 2 is 2.22 bits per heavy atom. The van der Waals surface area contributed by atoms with Crippen LogP contribution in [0.3, 0.4) is 0 Å². The van der Waals surface area contributed by atoms with Crippen molar-refractivity contribution >= 4 is 22.4 Å². The molecule has 3 nitrogen and oxygen atoms in total. The molecule has 1 heterocycles. The lowest BCUT2D eigenvalue weighted by Gasteiger charge is -2.19. The summed E-state index contributed by atoms with van der Waals surface area (Å²) in [6.45, 7) is 0. The second-order valence-corrected chi connectivity index (χ2v) is 7.10. The van der Waals surface area contributed by atoms with Crippen LogP contribution in [0.1, 0.15) is 42.7 Å². The fraction of sp³-hybridized carbons (Fsp3) is 0.714. The lowest BCUT2D eigenvalue weighted by atomic mass is 9.88. The molecule has 0 saturated heterocycles. The van der Waals surface area contributed by atoms with Crippen LogP contribution in [-0.4, -0.2) is 10.9 Å². The lowest BCUT2D eigenvalue weighted by Crippen LogP contribution is -2.27. The summed E-state index contributed by atoms with van der Waals surface area (Å²) in [6, 6.07) is 0. The van der Waals surface area contributed by atoms with Gasteiger partial charge in [0.1, 0.15) is 0 Å². The topological polar surface area (TPSA) is 42.0 Å². The van der Waals surface area contributed by atoms with Gasteiger partial charge in [-0.05, 0) is 50.4 Å². The van der Waals surface area contributed by atoms with Crippen molar-refractivity contribution in [3.8, 4) is 0 Å². The maximum absolute atomic E-state index is 12.3. The average molecular weight is 262 g/mol. The number of nitrogens with zero attached hydrogens (tertiary/aromatic N) is 1. The summed E-state index contributed by atoms with van der Waals surface area (Å²) in [6.07, 6.45) is 8.48. The first-order valence-electron chi connectivity index (χ1n) is 7.09. The molecule has 1 aromatic heterocycles. The molecule has 0 spiro atoms. The second kappa shape index (κ2) is 4.05. The van der Waals surface area contributed by atoms with Crippen LogP contribution in [0.5, 0.6) is 0 Å². The minimum absolute atomic E-state index is 0.231. The van der Waals surface area contributed by atoms with Gasteiger partial charge in [-0.3, -0.25) is 4.79 Å². The highest BCUT2D eigenvalue weighted by Gasteiger charge is 2.43. The number of carbonyl (C=O) groups excluding carboxylic acids is 1. The van der Waals surface area contributed by atoms with Gasteiger partial charge in [-0.25, -0.2) is 4.98 Å². The van der Waals surface area contributed by atoms with Gasteiger partial charge in [0.2, 0.25) is 5.91 Å². The molecule has 2 saturated carbocycles. The van der Waals surface area contributed by atoms with Gasteiger partial charge >= 0.3 is 0 Å². The lowest BCUT2D eigenvalue weighted by molar-refractivity contribution is -0.121. The Hall–Kier alpha value is -0.900. The fourth-order valence-corrected chi connectivity index (χ4v) is 5.06. The first-order valence-corrected chi connectivity index (χ1v) is 7.90. The normalized spacial score (nSPS) is 32.8. The zero-order chi connectivity index (χ0) is 12.1. The van der Waals surface area contributed by atoms with Crippen LogP contribution in [0.25, 0.3) is 0 Å². The maximum Gasteiger partial charge on any atom is 0.229 e. The van der Waals surface area contributed by atoms with E-state index in [0.29, 0.717) is 5.92 Å². The van der Waals surface area contributed by atoms with E-state index in [4.69, 9.17) is 0 Å². The molecule has 3 aliphatic rings. The van der Waals surface area contributed by atoms with Gasteiger partial charge in [0.05, 0.1) is 5.69 Å². The molecular formula is C14H18N2OS. The minimum atomic E-state index is 0.231. The molecule has 18 heavy (non-hydrogen) atoms. The Labute approximate surface area is 111 Å². The Morgan fingerprint density at radius 1 is 1.28 bits per heavy atom. The van der Waals surface area contributed by atoms with Crippen LogP contribution >= 0.6 is 11.3 Å². The third-order valence-electron chi connectivity index (χ3n) is 4.90. The van der Waals surface area contributed by atoms with E-state index in [1.165, 1.54) is 36.3 Å².